The zero-order valence-corrected chi connectivity index (χ0v) is 13.4. The van der Waals surface area contributed by atoms with Crippen LogP contribution in [0.1, 0.15) is 25.7 Å². The molecule has 2 bridgehead atoms. The third kappa shape index (κ3) is 1.54. The quantitative estimate of drug-likeness (QED) is 0.773. The van der Waals surface area contributed by atoms with Crippen molar-refractivity contribution in [3.05, 3.63) is 34.8 Å². The lowest BCUT2D eigenvalue weighted by Crippen LogP contribution is -2.66. The van der Waals surface area contributed by atoms with Crippen molar-refractivity contribution in [2.45, 2.75) is 37.8 Å². The Morgan fingerprint density at radius 1 is 1.09 bits per heavy atom. The van der Waals surface area contributed by atoms with Crippen LogP contribution in [0.5, 0.6) is 0 Å². The molecule has 0 amide bonds. The largest absolute Gasteiger partial charge is 0.366 e. The fourth-order valence-electron chi connectivity index (χ4n) is 5.97. The summed E-state index contributed by atoms with van der Waals surface area (Å²) in [5.41, 5.74) is 2.91. The second kappa shape index (κ2) is 4.41. The Kier molecular flexibility index (Phi) is 2.43. The highest BCUT2D eigenvalue weighted by Crippen LogP contribution is 2.48. The molecular weight excluding hydrogens is 282 g/mol. The average Bonchev–Trinajstić information content (AvgIpc) is 3.01. The molecule has 1 saturated carbocycles. The molecule has 2 N–H and O–H groups in total. The van der Waals surface area contributed by atoms with E-state index in [4.69, 9.17) is 0 Å². The van der Waals surface area contributed by atoms with Gasteiger partial charge in [0.25, 0.3) is 0 Å². The number of aromatic amines is 1. The van der Waals surface area contributed by atoms with Crippen LogP contribution in [0.25, 0.3) is 22.7 Å². The van der Waals surface area contributed by atoms with Gasteiger partial charge in [-0.25, -0.2) is 0 Å². The molecule has 4 fully saturated rings. The molecule has 1 aliphatic carbocycles. The Hall–Kier alpha value is -1.74. The standard InChI is InChI=1S/C20H23N3/c1-2-6-16-12(4-1)13-9-11-23-17-8-7-15(20(23)19(13)22-16)18-14(17)5-3-10-21-18/h1-2,4,6,9,14-15,17-18,21-22H,3,5,7-8,10-11H2. The van der Waals surface area contributed by atoms with E-state index >= 15 is 0 Å². The number of hydrogen-bond acceptors (Lipinski definition) is 2. The third-order valence-corrected chi connectivity index (χ3v) is 6.81. The zero-order chi connectivity index (χ0) is 15.0. The van der Waals surface area contributed by atoms with Gasteiger partial charge in [0.05, 0.1) is 5.35 Å². The first-order chi connectivity index (χ1) is 11.4. The molecule has 4 atom stereocenters. The zero-order valence-electron chi connectivity index (χ0n) is 13.4. The number of hydrogen-bond donors (Lipinski definition) is 2. The molecular formula is C20H23N3. The van der Waals surface area contributed by atoms with Gasteiger partial charge >= 0.3 is 0 Å². The number of benzene rings is 1. The minimum atomic E-state index is 0.700. The van der Waals surface area contributed by atoms with Crippen molar-refractivity contribution < 1.29 is 0 Å². The van der Waals surface area contributed by atoms with Crippen molar-refractivity contribution in [1.82, 2.24) is 15.2 Å². The van der Waals surface area contributed by atoms with E-state index < -0.39 is 0 Å². The van der Waals surface area contributed by atoms with Gasteiger partial charge in [0.2, 0.25) is 0 Å². The second-order valence-electron chi connectivity index (χ2n) is 7.74. The smallest absolute Gasteiger partial charge is 0.0660 e. The number of nitrogens with zero attached hydrogens (tertiary/aromatic N) is 1. The predicted molar refractivity (Wildman–Crippen MR) is 93.2 cm³/mol. The predicted octanol–water partition coefficient (Wildman–Crippen LogP) is 1.53. The molecule has 5 heterocycles. The summed E-state index contributed by atoms with van der Waals surface area (Å²) in [4.78, 5) is 6.51. The minimum absolute atomic E-state index is 0.700. The maximum Gasteiger partial charge on any atom is 0.0660 e. The SMILES string of the molecule is C1=c2c([nH]c3ccccc23)=C2C3CCC(C4CCCNC34)N2C1. The first-order valence-electron chi connectivity index (χ1n) is 9.23. The van der Waals surface area contributed by atoms with E-state index in [2.05, 4.69) is 45.5 Å². The van der Waals surface area contributed by atoms with Crippen molar-refractivity contribution >= 4 is 22.7 Å². The van der Waals surface area contributed by atoms with E-state index in [0.717, 1.165) is 18.5 Å². The second-order valence-corrected chi connectivity index (χ2v) is 7.74. The van der Waals surface area contributed by atoms with Gasteiger partial charge in [0.1, 0.15) is 0 Å². The molecule has 3 heteroatoms. The van der Waals surface area contributed by atoms with Gasteiger partial charge in [-0.2, -0.15) is 0 Å². The summed E-state index contributed by atoms with van der Waals surface area (Å²) in [5.74, 6) is 1.57. The summed E-state index contributed by atoms with van der Waals surface area (Å²) in [6.45, 7) is 2.32. The first kappa shape index (κ1) is 12.7. The van der Waals surface area contributed by atoms with Gasteiger partial charge in [-0.3, -0.25) is 0 Å². The number of para-hydroxylation sites is 1. The maximum absolute atomic E-state index is 3.88. The molecule has 5 aliphatic rings. The summed E-state index contributed by atoms with van der Waals surface area (Å²) in [6, 6.07) is 10.2. The van der Waals surface area contributed by atoms with Gasteiger partial charge < -0.3 is 15.2 Å². The van der Waals surface area contributed by atoms with Gasteiger partial charge in [0, 0.05) is 46.4 Å². The Balaban J connectivity index is 1.64. The molecule has 118 valence electrons. The fraction of sp³-hybridized carbons (Fsp3) is 0.500. The van der Waals surface area contributed by atoms with Crippen LogP contribution in [0.15, 0.2) is 24.3 Å². The van der Waals surface area contributed by atoms with E-state index in [0.29, 0.717) is 12.0 Å². The van der Waals surface area contributed by atoms with Crippen molar-refractivity contribution in [2.24, 2.45) is 11.8 Å². The molecule has 4 aliphatic heterocycles. The van der Waals surface area contributed by atoms with Crippen LogP contribution in [-0.2, 0) is 0 Å². The highest BCUT2D eigenvalue weighted by atomic mass is 15.2. The molecule has 4 unspecified atom stereocenters. The van der Waals surface area contributed by atoms with E-state index in [1.807, 2.05) is 0 Å². The van der Waals surface area contributed by atoms with E-state index in [1.54, 1.807) is 5.70 Å². The summed E-state index contributed by atoms with van der Waals surface area (Å²) in [5, 5.41) is 8.14. The molecule has 0 spiro atoms. The topological polar surface area (TPSA) is 31.1 Å². The lowest BCUT2D eigenvalue weighted by molar-refractivity contribution is 0.0334. The summed E-state index contributed by atoms with van der Waals surface area (Å²) >= 11 is 0. The Morgan fingerprint density at radius 3 is 3.04 bits per heavy atom. The van der Waals surface area contributed by atoms with Crippen LogP contribution < -0.4 is 15.9 Å². The number of rotatable bonds is 0. The van der Waals surface area contributed by atoms with Crippen molar-refractivity contribution in [3.8, 4) is 0 Å². The highest BCUT2D eigenvalue weighted by molar-refractivity contribution is 5.82. The van der Waals surface area contributed by atoms with Crippen molar-refractivity contribution in [1.29, 1.82) is 0 Å². The maximum atomic E-state index is 3.88. The summed E-state index contributed by atoms with van der Waals surface area (Å²) in [6.07, 6.45) is 7.99. The van der Waals surface area contributed by atoms with Crippen LogP contribution >= 0.6 is 0 Å². The lowest BCUT2D eigenvalue weighted by atomic mass is 9.64. The Labute approximate surface area is 136 Å². The fourth-order valence-corrected chi connectivity index (χ4v) is 5.97. The minimum Gasteiger partial charge on any atom is -0.366 e. The van der Waals surface area contributed by atoms with Crippen LogP contribution in [0.4, 0.5) is 0 Å². The highest BCUT2D eigenvalue weighted by Gasteiger charge is 2.51. The molecule has 0 radical (unpaired) electrons. The van der Waals surface area contributed by atoms with E-state index in [1.165, 1.54) is 53.7 Å². The first-order valence-corrected chi connectivity index (χ1v) is 9.23. The molecule has 7 rings (SSSR count). The van der Waals surface area contributed by atoms with Gasteiger partial charge in [0.15, 0.2) is 0 Å². The van der Waals surface area contributed by atoms with Crippen molar-refractivity contribution in [3.63, 3.8) is 0 Å². The lowest BCUT2D eigenvalue weighted by Gasteiger charge is -2.58. The molecule has 1 aromatic heterocycles. The van der Waals surface area contributed by atoms with Crippen molar-refractivity contribution in [2.75, 3.05) is 13.1 Å². The van der Waals surface area contributed by atoms with E-state index in [-0.39, 0.29) is 0 Å². The third-order valence-electron chi connectivity index (χ3n) is 6.81. The molecule has 1 aromatic carbocycles. The molecule has 23 heavy (non-hydrogen) atoms. The number of nitrogens with one attached hydrogen (secondary N) is 2. The molecule has 3 nitrogen and oxygen atoms in total. The van der Waals surface area contributed by atoms with Crippen LogP contribution in [0.2, 0.25) is 0 Å². The Bertz CT molecular complexity index is 909. The number of piperidine rings is 3. The summed E-state index contributed by atoms with van der Waals surface area (Å²) in [7, 11) is 0. The van der Waals surface area contributed by atoms with Gasteiger partial charge in [-0.1, -0.05) is 24.3 Å². The molecule has 3 saturated heterocycles. The number of aromatic nitrogens is 1. The van der Waals surface area contributed by atoms with E-state index in [9.17, 15) is 0 Å². The Morgan fingerprint density at radius 2 is 2.04 bits per heavy atom. The monoisotopic (exact) mass is 305 g/mol. The van der Waals surface area contributed by atoms with Gasteiger partial charge in [-0.05, 0) is 44.2 Å². The number of H-pyrrole nitrogens is 1. The molecule has 2 aromatic rings. The van der Waals surface area contributed by atoms with Crippen LogP contribution in [-0.4, -0.2) is 35.1 Å². The van der Waals surface area contributed by atoms with Gasteiger partial charge in [-0.15, -0.1) is 0 Å². The average molecular weight is 305 g/mol. The normalized spacial score (nSPS) is 34.8. The van der Waals surface area contributed by atoms with Crippen LogP contribution in [0.3, 0.4) is 0 Å². The van der Waals surface area contributed by atoms with Crippen LogP contribution in [0, 0.1) is 11.8 Å². The summed E-state index contributed by atoms with van der Waals surface area (Å²) < 4.78 is 0. The number of fused-ring (bicyclic) bond motifs is 4.